The number of hydrogen-bond acceptors (Lipinski definition) is 6. The van der Waals surface area contributed by atoms with Crippen LogP contribution in [-0.4, -0.2) is 50.0 Å². The van der Waals surface area contributed by atoms with Crippen molar-refractivity contribution < 1.29 is 9.59 Å². The smallest absolute Gasteiger partial charge is 0.272 e. The molecule has 1 aliphatic heterocycles. The monoisotopic (exact) mass is 450 g/mol. The lowest BCUT2D eigenvalue weighted by molar-refractivity contribution is -0.117. The quantitative estimate of drug-likeness (QED) is 0.316. The van der Waals surface area contributed by atoms with Crippen LogP contribution >= 0.6 is 11.6 Å². The molecule has 4 aromatic rings. The number of aromatic amines is 2. The van der Waals surface area contributed by atoms with E-state index in [1.165, 1.54) is 0 Å². The van der Waals surface area contributed by atoms with E-state index in [2.05, 4.69) is 41.6 Å². The first-order valence-electron chi connectivity index (χ1n) is 10.1. The zero-order chi connectivity index (χ0) is 22.1. The molecular weight excluding hydrogens is 432 g/mol. The van der Waals surface area contributed by atoms with Crippen molar-refractivity contribution in [1.82, 2.24) is 30.9 Å². The minimum Gasteiger partial charge on any atom is -0.349 e. The number of tetrazole rings is 1. The maximum Gasteiger partial charge on any atom is 0.272 e. The number of benzene rings is 2. The van der Waals surface area contributed by atoms with Gasteiger partial charge in [-0.25, -0.2) is 0 Å². The normalized spacial score (nSPS) is 15.7. The number of carbonyl (C=O) groups excluding carboxylic acids is 2. The number of carbonyl (C=O) groups is 2. The van der Waals surface area contributed by atoms with Gasteiger partial charge in [-0.1, -0.05) is 23.7 Å². The van der Waals surface area contributed by atoms with Crippen LogP contribution in [0.25, 0.3) is 22.3 Å². The molecule has 0 spiro atoms. The van der Waals surface area contributed by atoms with E-state index in [9.17, 15) is 9.59 Å². The molecule has 5 N–H and O–H groups in total. The molecule has 2 amide bonds. The Labute approximate surface area is 187 Å². The van der Waals surface area contributed by atoms with Crippen LogP contribution in [0.5, 0.6) is 0 Å². The summed E-state index contributed by atoms with van der Waals surface area (Å²) in [5.41, 5.74) is 2.67. The summed E-state index contributed by atoms with van der Waals surface area (Å²) in [7, 11) is 0. The van der Waals surface area contributed by atoms with Crippen LogP contribution in [0.2, 0.25) is 5.02 Å². The fourth-order valence-corrected chi connectivity index (χ4v) is 3.96. The van der Waals surface area contributed by atoms with E-state index < -0.39 is 0 Å². The number of fused-ring (bicyclic) bond motifs is 1. The molecule has 3 heterocycles. The highest BCUT2D eigenvalue weighted by Gasteiger charge is 2.23. The van der Waals surface area contributed by atoms with Crippen LogP contribution in [0.1, 0.15) is 23.3 Å². The molecule has 11 heteroatoms. The zero-order valence-corrected chi connectivity index (χ0v) is 17.5. The van der Waals surface area contributed by atoms with Crippen LogP contribution in [0, 0.1) is 0 Å². The van der Waals surface area contributed by atoms with E-state index in [1.807, 2.05) is 12.1 Å². The van der Waals surface area contributed by atoms with Gasteiger partial charge in [0.1, 0.15) is 5.69 Å². The molecule has 0 aliphatic carbocycles. The van der Waals surface area contributed by atoms with Gasteiger partial charge in [0.15, 0.2) is 0 Å². The first-order valence-corrected chi connectivity index (χ1v) is 10.5. The topological polar surface area (TPSA) is 140 Å². The minimum absolute atomic E-state index is 0.0819. The van der Waals surface area contributed by atoms with Gasteiger partial charge in [0.25, 0.3) is 5.91 Å². The van der Waals surface area contributed by atoms with Gasteiger partial charge in [0.2, 0.25) is 11.7 Å². The lowest BCUT2D eigenvalue weighted by atomic mass is 10.1. The van der Waals surface area contributed by atoms with Crippen LogP contribution < -0.4 is 16.0 Å². The van der Waals surface area contributed by atoms with Crippen molar-refractivity contribution >= 4 is 45.7 Å². The summed E-state index contributed by atoms with van der Waals surface area (Å²) in [6, 6.07) is 12.0. The highest BCUT2D eigenvalue weighted by Crippen LogP contribution is 2.29. The number of H-pyrrole nitrogens is 2. The van der Waals surface area contributed by atoms with Gasteiger partial charge in [-0.3, -0.25) is 9.59 Å². The molecular formula is C21H19ClN8O2. The maximum absolute atomic E-state index is 13.0. The summed E-state index contributed by atoms with van der Waals surface area (Å²) in [5, 5.41) is 24.2. The summed E-state index contributed by atoms with van der Waals surface area (Å²) >= 11 is 6.10. The molecule has 0 bridgehead atoms. The van der Waals surface area contributed by atoms with Gasteiger partial charge in [0.05, 0.1) is 22.9 Å². The molecule has 10 nitrogen and oxygen atoms in total. The first kappa shape index (κ1) is 20.2. The van der Waals surface area contributed by atoms with E-state index in [1.54, 1.807) is 30.3 Å². The van der Waals surface area contributed by atoms with Gasteiger partial charge in [-0.15, -0.1) is 10.2 Å². The molecule has 2 aromatic carbocycles. The number of anilines is 2. The van der Waals surface area contributed by atoms with Crippen molar-refractivity contribution in [2.45, 2.75) is 18.9 Å². The lowest BCUT2D eigenvalue weighted by Gasteiger charge is -2.11. The standard InChI is InChI=1S/C21H19ClN8O2/c22-12-6-7-14(13(10-12)19-27-29-30-28-19)25-21(32)17-9-11-3-1-4-15(18(11)24-17)26-20(31)16-5-2-8-23-16/h1,3-4,6-7,9-10,16,23-24H,2,5,8H2,(H,25,32)(H,26,31)(H,27,28,29,30)/t16-/m1/s1. The second-order valence-corrected chi connectivity index (χ2v) is 7.91. The molecule has 1 saturated heterocycles. The van der Waals surface area contributed by atoms with E-state index in [0.717, 1.165) is 24.8 Å². The molecule has 1 aliphatic rings. The average molecular weight is 451 g/mol. The number of hydrogen-bond donors (Lipinski definition) is 5. The number of amides is 2. The summed E-state index contributed by atoms with van der Waals surface area (Å²) in [6.07, 6.45) is 1.79. The lowest BCUT2D eigenvalue weighted by Crippen LogP contribution is -2.35. The van der Waals surface area contributed by atoms with Crippen molar-refractivity contribution in [2.75, 3.05) is 17.2 Å². The summed E-state index contributed by atoms with van der Waals surface area (Å²) in [6.45, 7) is 0.839. The van der Waals surface area contributed by atoms with E-state index in [4.69, 9.17) is 11.6 Å². The SMILES string of the molecule is O=C(Nc1ccc(Cl)cc1-c1nn[nH]n1)c1cc2cccc(NC(=O)[C@H]3CCCN3)c2[nH]1. The number of nitrogens with zero attached hydrogens (tertiary/aromatic N) is 3. The fraction of sp³-hybridized carbons (Fsp3) is 0.190. The van der Waals surface area contributed by atoms with Crippen molar-refractivity contribution in [3.63, 3.8) is 0 Å². The molecule has 1 atom stereocenters. The Bertz CT molecular complexity index is 1290. The molecule has 0 radical (unpaired) electrons. The third kappa shape index (κ3) is 3.93. The molecule has 162 valence electrons. The van der Waals surface area contributed by atoms with Crippen molar-refractivity contribution in [3.8, 4) is 11.4 Å². The van der Waals surface area contributed by atoms with E-state index >= 15 is 0 Å². The predicted octanol–water partition coefficient (Wildman–Crippen LogP) is 2.94. The zero-order valence-electron chi connectivity index (χ0n) is 16.8. The molecule has 32 heavy (non-hydrogen) atoms. The van der Waals surface area contributed by atoms with Crippen molar-refractivity contribution in [2.24, 2.45) is 0 Å². The van der Waals surface area contributed by atoms with Gasteiger partial charge in [0, 0.05) is 16.0 Å². The number of aromatic nitrogens is 5. The fourth-order valence-electron chi connectivity index (χ4n) is 3.79. The van der Waals surface area contributed by atoms with Gasteiger partial charge in [-0.2, -0.15) is 5.21 Å². The van der Waals surface area contributed by atoms with E-state index in [-0.39, 0.29) is 17.9 Å². The second kappa shape index (κ2) is 8.40. The molecule has 1 fully saturated rings. The number of nitrogens with one attached hydrogen (secondary N) is 5. The highest BCUT2D eigenvalue weighted by molar-refractivity contribution is 6.31. The number of rotatable bonds is 5. The van der Waals surface area contributed by atoms with Crippen LogP contribution in [-0.2, 0) is 4.79 Å². The van der Waals surface area contributed by atoms with Crippen LogP contribution in [0.3, 0.4) is 0 Å². The average Bonchev–Trinajstić information content (AvgIpc) is 3.56. The number of halogens is 1. The van der Waals surface area contributed by atoms with Gasteiger partial charge < -0.3 is 20.9 Å². The first-order chi connectivity index (χ1) is 15.6. The van der Waals surface area contributed by atoms with Crippen molar-refractivity contribution in [3.05, 3.63) is 53.2 Å². The highest BCUT2D eigenvalue weighted by atomic mass is 35.5. The third-order valence-electron chi connectivity index (χ3n) is 5.35. The van der Waals surface area contributed by atoms with E-state index in [0.29, 0.717) is 39.0 Å². The van der Waals surface area contributed by atoms with Crippen LogP contribution in [0.4, 0.5) is 11.4 Å². The minimum atomic E-state index is -0.358. The van der Waals surface area contributed by atoms with Gasteiger partial charge >= 0.3 is 0 Å². The maximum atomic E-state index is 13.0. The largest absolute Gasteiger partial charge is 0.349 e. The Hall–Kier alpha value is -3.76. The summed E-state index contributed by atoms with van der Waals surface area (Å²) < 4.78 is 0. The van der Waals surface area contributed by atoms with Crippen LogP contribution in [0.15, 0.2) is 42.5 Å². The summed E-state index contributed by atoms with van der Waals surface area (Å²) in [5.74, 6) is -0.130. The molecule has 0 saturated carbocycles. The summed E-state index contributed by atoms with van der Waals surface area (Å²) in [4.78, 5) is 28.6. The third-order valence-corrected chi connectivity index (χ3v) is 5.59. The Morgan fingerprint density at radius 2 is 2.00 bits per heavy atom. The Kier molecular flexibility index (Phi) is 5.29. The second-order valence-electron chi connectivity index (χ2n) is 7.47. The molecule has 2 aromatic heterocycles. The van der Waals surface area contributed by atoms with Gasteiger partial charge in [-0.05, 0) is 54.9 Å². The van der Waals surface area contributed by atoms with Crippen molar-refractivity contribution in [1.29, 1.82) is 0 Å². The Morgan fingerprint density at radius 3 is 2.78 bits per heavy atom. The Balaban J connectivity index is 1.41. The molecule has 0 unspecified atom stereocenters. The Morgan fingerprint density at radius 1 is 1.09 bits per heavy atom. The number of para-hydroxylation sites is 1. The molecule has 5 rings (SSSR count). The predicted molar refractivity (Wildman–Crippen MR) is 121 cm³/mol.